The summed E-state index contributed by atoms with van der Waals surface area (Å²) in [5.41, 5.74) is 2.30. The van der Waals surface area contributed by atoms with E-state index in [0.717, 1.165) is 37.1 Å². The molecule has 2 N–H and O–H groups in total. The van der Waals surface area contributed by atoms with Crippen LogP contribution in [0.3, 0.4) is 0 Å². The number of halogens is 2. The zero-order valence-corrected chi connectivity index (χ0v) is 45.8. The summed E-state index contributed by atoms with van der Waals surface area (Å²) >= 11 is 0. The summed E-state index contributed by atoms with van der Waals surface area (Å²) in [5.74, 6) is -4.59. The molecule has 6 rings (SSSR count). The maximum Gasteiger partial charge on any atom is 0.370 e. The van der Waals surface area contributed by atoms with Crippen molar-refractivity contribution in [2.45, 2.75) is 114 Å². The summed E-state index contributed by atoms with van der Waals surface area (Å²) < 4.78 is 110. The molecule has 4 aromatic rings. The minimum Gasteiger partial charge on any atom is -0.461 e. The predicted molar refractivity (Wildman–Crippen MR) is 287 cm³/mol. The number of hydrogen-bond donors (Lipinski definition) is 2. The number of fused-ring (bicyclic) bond motifs is 2. The minimum absolute atomic E-state index is 0.00807. The molecule has 0 saturated heterocycles. The van der Waals surface area contributed by atoms with Crippen molar-refractivity contribution in [2.24, 2.45) is 0 Å². The number of benzene rings is 4. The van der Waals surface area contributed by atoms with Gasteiger partial charge in [-0.1, -0.05) is 89.8 Å². The van der Waals surface area contributed by atoms with Crippen molar-refractivity contribution in [3.8, 4) is 11.5 Å². The van der Waals surface area contributed by atoms with E-state index in [1.54, 1.807) is 64.0 Å². The van der Waals surface area contributed by atoms with Crippen LogP contribution in [0.4, 0.5) is 42.9 Å². The minimum atomic E-state index is -3.99. The van der Waals surface area contributed by atoms with Crippen molar-refractivity contribution in [1.82, 2.24) is 9.44 Å². The highest BCUT2D eigenvalue weighted by Crippen LogP contribution is 2.46. The maximum absolute atomic E-state index is 14.2. The fourth-order valence-electron chi connectivity index (χ4n) is 8.75. The number of rotatable bonds is 20. The molecule has 20 heteroatoms. The molecule has 0 saturated carbocycles. The van der Waals surface area contributed by atoms with Crippen molar-refractivity contribution in [3.05, 3.63) is 109 Å². The predicted octanol–water partition coefficient (Wildman–Crippen LogP) is 10.5. The van der Waals surface area contributed by atoms with Crippen LogP contribution in [-0.2, 0) is 39.1 Å². The first-order chi connectivity index (χ1) is 35.1. The Bertz CT molecular complexity index is 2660. The van der Waals surface area contributed by atoms with Crippen molar-refractivity contribution >= 4 is 66.1 Å². The molecule has 2 aliphatic rings. The van der Waals surface area contributed by atoms with Gasteiger partial charge in [0, 0.05) is 64.8 Å². The number of unbranched alkanes of at least 4 members (excludes halogenated alkanes) is 2. The van der Waals surface area contributed by atoms with Crippen molar-refractivity contribution < 1.29 is 54.2 Å². The van der Waals surface area contributed by atoms with Gasteiger partial charge in [-0.05, 0) is 75.9 Å². The first-order valence-electron chi connectivity index (χ1n) is 25.0. The Labute approximate surface area is 436 Å². The van der Waals surface area contributed by atoms with Gasteiger partial charge in [0.05, 0.1) is 47.0 Å². The van der Waals surface area contributed by atoms with Crippen molar-refractivity contribution in [2.75, 3.05) is 74.1 Å². The number of hydrogen-bond acceptors (Lipinski definition) is 14. The maximum atomic E-state index is 14.2. The van der Waals surface area contributed by atoms with E-state index in [-0.39, 0.29) is 34.5 Å². The zero-order valence-electron chi connectivity index (χ0n) is 44.2. The lowest BCUT2D eigenvalue weighted by Gasteiger charge is -2.36. The molecule has 0 unspecified atom stereocenters. The number of anilines is 6. The van der Waals surface area contributed by atoms with Gasteiger partial charge in [-0.2, -0.15) is 8.78 Å². The highest BCUT2D eigenvalue weighted by molar-refractivity contribution is 7.90. The molecule has 2 atom stereocenters. The van der Waals surface area contributed by atoms with Crippen LogP contribution in [0.2, 0.25) is 0 Å². The van der Waals surface area contributed by atoms with Gasteiger partial charge in [0.25, 0.3) is 0 Å². The topological polar surface area (TPSA) is 176 Å². The van der Waals surface area contributed by atoms with Crippen LogP contribution in [0.25, 0.3) is 0 Å². The van der Waals surface area contributed by atoms with Gasteiger partial charge in [-0.3, -0.25) is 0 Å². The van der Waals surface area contributed by atoms with Crippen molar-refractivity contribution in [3.63, 3.8) is 0 Å². The van der Waals surface area contributed by atoms with Crippen LogP contribution in [0.5, 0.6) is 11.5 Å². The Kier molecular flexibility index (Phi) is 20.5. The Morgan fingerprint density at radius 2 is 0.946 bits per heavy atom. The highest BCUT2D eigenvalue weighted by Gasteiger charge is 2.43. The summed E-state index contributed by atoms with van der Waals surface area (Å²) in [6.07, 6.45) is 7.41. The fraction of sp³-hybridized carbons (Fsp3) is 0.444. The second kappa shape index (κ2) is 25.8. The number of carbonyl (C=O) groups excluding carboxylic acids is 2. The van der Waals surface area contributed by atoms with E-state index in [9.17, 15) is 35.2 Å². The smallest absolute Gasteiger partial charge is 0.370 e. The molecule has 0 amide bonds. The van der Waals surface area contributed by atoms with Gasteiger partial charge in [0.1, 0.15) is 22.3 Å². The third-order valence-electron chi connectivity index (χ3n) is 12.9. The van der Waals surface area contributed by atoms with Crippen LogP contribution in [-0.4, -0.2) is 94.3 Å². The molecule has 74 heavy (non-hydrogen) atoms. The van der Waals surface area contributed by atoms with E-state index < -0.39 is 54.7 Å². The molecule has 16 nitrogen and oxygen atoms in total. The summed E-state index contributed by atoms with van der Waals surface area (Å²) in [7, 11) is -0.902. The molecule has 0 spiro atoms. The zero-order chi connectivity index (χ0) is 54.4. The van der Waals surface area contributed by atoms with Gasteiger partial charge in [-0.25, -0.2) is 35.9 Å². The first-order valence-corrected chi connectivity index (χ1v) is 27.9. The normalized spacial score (nSPS) is 19.1. The first kappa shape index (κ1) is 58.7. The van der Waals surface area contributed by atoms with E-state index in [1.807, 2.05) is 84.3 Å². The van der Waals surface area contributed by atoms with E-state index in [0.29, 0.717) is 74.0 Å². The third-order valence-corrected chi connectivity index (χ3v) is 16.1. The molecule has 2 aliphatic heterocycles. The average Bonchev–Trinajstić information content (AvgIpc) is 3.55. The van der Waals surface area contributed by atoms with Gasteiger partial charge < -0.3 is 38.5 Å². The molecule has 0 bridgehead atoms. The Morgan fingerprint density at radius 1 is 0.595 bits per heavy atom. The molecule has 0 aliphatic carbocycles. The van der Waals surface area contributed by atoms with Crippen LogP contribution in [0.1, 0.15) is 92.9 Å². The molecule has 404 valence electrons. The monoisotopic (exact) mass is 1070 g/mol. The number of carbonyl (C=O) groups is 2. The Hall–Kier alpha value is -6.22. The molecule has 0 fully saturated rings. The van der Waals surface area contributed by atoms with Crippen LogP contribution < -0.4 is 38.5 Å². The average molecular weight is 1070 g/mol. The fourth-order valence-corrected chi connectivity index (χ4v) is 12.1. The van der Waals surface area contributed by atoms with Gasteiger partial charge in [-0.15, -0.1) is 0 Å². The second-order valence-corrected chi connectivity index (χ2v) is 21.8. The van der Waals surface area contributed by atoms with Gasteiger partial charge in [0.15, 0.2) is 11.5 Å². The quantitative estimate of drug-likeness (QED) is 0.0486. The summed E-state index contributed by atoms with van der Waals surface area (Å²) in [5, 5.41) is 0. The third kappa shape index (κ3) is 14.1. The Morgan fingerprint density at radius 3 is 1.24 bits per heavy atom. The SMILES string of the molecule is CCCC[C@@]1(CC)CN(c2ccccc2)c2cc(N(C)C)c(O/C=C(\F)C(=O)OCC)cc2S(=O)(=O)N1.CCCC[C@]1(CC)CN(c2ccccc2)c2cc(N(C)C)c(O/C=C(\F)C(=O)OCC)cc2S(=O)(=O)N1. The van der Waals surface area contributed by atoms with E-state index in [4.69, 9.17) is 9.47 Å². The lowest BCUT2D eigenvalue weighted by molar-refractivity contribution is -0.141. The standard InChI is InChI=1S/2C27H36FN3O5S/c2*1-6-9-15-27(7-2)19-31(20-13-11-10-12-14-20)23-16-22(30(4)5)24(17-25(23)37(33,34)29-27)36-18-21(28)26(32)35-8-3/h2*10-14,16-18,29H,6-9,15,19H2,1-5H3/b2*21-18-/t2*27-/m10/s1. The summed E-state index contributed by atoms with van der Waals surface area (Å²) in [4.78, 5) is 30.9. The number of sulfonamides is 2. The lowest BCUT2D eigenvalue weighted by atomic mass is 9.89. The van der Waals surface area contributed by atoms with Crippen LogP contribution in [0.15, 0.2) is 119 Å². The second-order valence-electron chi connectivity index (χ2n) is 18.5. The molecular formula is C54H72F2N6O10S2. The van der Waals surface area contributed by atoms with E-state index in [1.165, 1.54) is 12.1 Å². The lowest BCUT2D eigenvalue weighted by Crippen LogP contribution is -2.52. The number of ether oxygens (including phenoxy) is 4. The Balaban J connectivity index is 0.000000274. The van der Waals surface area contributed by atoms with E-state index >= 15 is 0 Å². The number of esters is 2. The molecule has 0 radical (unpaired) electrons. The van der Waals surface area contributed by atoms with Gasteiger partial charge >= 0.3 is 11.9 Å². The number of nitrogens with zero attached hydrogens (tertiary/aromatic N) is 4. The van der Waals surface area contributed by atoms with Crippen molar-refractivity contribution in [1.29, 1.82) is 0 Å². The summed E-state index contributed by atoms with van der Waals surface area (Å²) in [6.45, 7) is 12.2. The highest BCUT2D eigenvalue weighted by atomic mass is 32.2. The molecular weight excluding hydrogens is 995 g/mol. The van der Waals surface area contributed by atoms with Gasteiger partial charge in [0.2, 0.25) is 31.7 Å². The summed E-state index contributed by atoms with van der Waals surface area (Å²) in [6, 6.07) is 25.4. The molecule has 2 heterocycles. The van der Waals surface area contributed by atoms with Crippen LogP contribution in [0, 0.1) is 0 Å². The van der Waals surface area contributed by atoms with E-state index in [2.05, 4.69) is 32.8 Å². The number of para-hydroxylation sites is 2. The van der Waals surface area contributed by atoms with Crippen LogP contribution >= 0.6 is 0 Å². The molecule has 4 aromatic carbocycles. The largest absolute Gasteiger partial charge is 0.461 e. The number of nitrogens with one attached hydrogen (secondary N) is 2. The molecule has 0 aromatic heterocycles.